The molecule has 2 aromatic heterocycles. The molecule has 2 heterocycles. The molecular formula is C15H14N4S. The van der Waals surface area contributed by atoms with Gasteiger partial charge in [-0.15, -0.1) is 10.2 Å². The highest BCUT2D eigenvalue weighted by atomic mass is 32.1. The van der Waals surface area contributed by atoms with E-state index in [0.29, 0.717) is 6.54 Å². The third-order valence-electron chi connectivity index (χ3n) is 3.00. The molecule has 0 amide bonds. The third-order valence-corrected chi connectivity index (χ3v) is 3.89. The number of hydrogen-bond donors (Lipinski definition) is 1. The van der Waals surface area contributed by atoms with E-state index >= 15 is 0 Å². The number of nitrogens with zero attached hydrogens (tertiary/aromatic N) is 3. The second kappa shape index (κ2) is 5.48. The molecule has 0 unspecified atom stereocenters. The average molecular weight is 282 g/mol. The topological polar surface area (TPSA) is 64.7 Å². The molecule has 0 aliphatic rings. The number of aromatic nitrogens is 3. The monoisotopic (exact) mass is 282 g/mol. The van der Waals surface area contributed by atoms with Crippen molar-refractivity contribution in [2.75, 3.05) is 0 Å². The lowest BCUT2D eigenvalue weighted by Gasteiger charge is -2.04. The van der Waals surface area contributed by atoms with Crippen LogP contribution >= 0.6 is 11.3 Å². The van der Waals surface area contributed by atoms with E-state index in [1.165, 1.54) is 0 Å². The van der Waals surface area contributed by atoms with E-state index in [4.69, 9.17) is 5.73 Å². The second-order valence-electron chi connectivity index (χ2n) is 4.45. The quantitative estimate of drug-likeness (QED) is 0.802. The van der Waals surface area contributed by atoms with Crippen LogP contribution in [0.25, 0.3) is 21.7 Å². The van der Waals surface area contributed by atoms with E-state index < -0.39 is 0 Å². The van der Waals surface area contributed by atoms with Gasteiger partial charge in [0, 0.05) is 23.9 Å². The van der Waals surface area contributed by atoms with Crippen molar-refractivity contribution < 1.29 is 0 Å². The Kier molecular flexibility index (Phi) is 3.54. The van der Waals surface area contributed by atoms with E-state index in [1.807, 2.05) is 37.4 Å². The summed E-state index contributed by atoms with van der Waals surface area (Å²) in [5, 5.41) is 10.2. The SMILES string of the molecule is Cc1nnc(-c2cccc(-c3ccc(CN)nc3)c2)s1. The van der Waals surface area contributed by atoms with Crippen LogP contribution in [0.4, 0.5) is 0 Å². The molecule has 100 valence electrons. The number of hydrogen-bond acceptors (Lipinski definition) is 5. The lowest BCUT2D eigenvalue weighted by Crippen LogP contribution is -1.98. The summed E-state index contributed by atoms with van der Waals surface area (Å²) >= 11 is 1.60. The standard InChI is InChI=1S/C15H14N4S/c1-10-18-19-15(20-10)12-4-2-3-11(7-12)13-5-6-14(8-16)17-9-13/h2-7,9H,8,16H2,1H3. The van der Waals surface area contributed by atoms with Crippen LogP contribution < -0.4 is 5.73 Å². The summed E-state index contributed by atoms with van der Waals surface area (Å²) in [6.45, 7) is 2.42. The van der Waals surface area contributed by atoms with Crippen molar-refractivity contribution in [3.63, 3.8) is 0 Å². The van der Waals surface area contributed by atoms with E-state index in [-0.39, 0.29) is 0 Å². The molecule has 3 rings (SSSR count). The highest BCUT2D eigenvalue weighted by Crippen LogP contribution is 2.27. The van der Waals surface area contributed by atoms with Crippen molar-refractivity contribution in [3.8, 4) is 21.7 Å². The molecular weight excluding hydrogens is 268 g/mol. The molecule has 3 aromatic rings. The summed E-state index contributed by atoms with van der Waals surface area (Å²) in [6.07, 6.45) is 1.85. The van der Waals surface area contributed by atoms with Crippen LogP contribution in [0.15, 0.2) is 42.6 Å². The highest BCUT2D eigenvalue weighted by Gasteiger charge is 2.06. The molecule has 4 nitrogen and oxygen atoms in total. The van der Waals surface area contributed by atoms with E-state index in [2.05, 4.69) is 27.3 Å². The van der Waals surface area contributed by atoms with Crippen LogP contribution in [-0.2, 0) is 6.54 Å². The normalized spacial score (nSPS) is 10.7. The van der Waals surface area contributed by atoms with Crippen molar-refractivity contribution in [1.82, 2.24) is 15.2 Å². The fourth-order valence-corrected chi connectivity index (χ4v) is 2.65. The van der Waals surface area contributed by atoms with Gasteiger partial charge in [-0.3, -0.25) is 4.98 Å². The first-order valence-corrected chi connectivity index (χ1v) is 7.14. The smallest absolute Gasteiger partial charge is 0.147 e. The van der Waals surface area contributed by atoms with Crippen LogP contribution in [0.2, 0.25) is 0 Å². The molecule has 0 atom stereocenters. The van der Waals surface area contributed by atoms with Crippen LogP contribution in [-0.4, -0.2) is 15.2 Å². The van der Waals surface area contributed by atoms with Gasteiger partial charge in [0.25, 0.3) is 0 Å². The lowest BCUT2D eigenvalue weighted by atomic mass is 10.0. The maximum Gasteiger partial charge on any atom is 0.147 e. The summed E-state index contributed by atoms with van der Waals surface area (Å²) in [7, 11) is 0. The van der Waals surface area contributed by atoms with Gasteiger partial charge >= 0.3 is 0 Å². The maximum absolute atomic E-state index is 5.56. The minimum absolute atomic E-state index is 0.463. The van der Waals surface area contributed by atoms with Crippen molar-refractivity contribution in [1.29, 1.82) is 0 Å². The first-order valence-electron chi connectivity index (χ1n) is 6.32. The molecule has 5 heteroatoms. The zero-order chi connectivity index (χ0) is 13.9. The van der Waals surface area contributed by atoms with Gasteiger partial charge in [0.05, 0.1) is 5.69 Å². The Labute approximate surface area is 121 Å². The summed E-state index contributed by atoms with van der Waals surface area (Å²) in [4.78, 5) is 4.33. The zero-order valence-electron chi connectivity index (χ0n) is 11.1. The fraction of sp³-hybridized carbons (Fsp3) is 0.133. The fourth-order valence-electron chi connectivity index (χ4n) is 1.96. The van der Waals surface area contributed by atoms with E-state index in [0.717, 1.165) is 32.4 Å². The Hall–Kier alpha value is -2.11. The van der Waals surface area contributed by atoms with Crippen LogP contribution in [0, 0.1) is 6.92 Å². The lowest BCUT2D eigenvalue weighted by molar-refractivity contribution is 0.991. The Morgan fingerprint density at radius 3 is 2.55 bits per heavy atom. The molecule has 0 aliphatic carbocycles. The molecule has 0 spiro atoms. The van der Waals surface area contributed by atoms with Gasteiger partial charge in [-0.05, 0) is 24.6 Å². The number of benzene rings is 1. The molecule has 0 radical (unpaired) electrons. The average Bonchev–Trinajstić information content (AvgIpc) is 2.94. The van der Waals surface area contributed by atoms with Crippen LogP contribution in [0.5, 0.6) is 0 Å². The number of pyridine rings is 1. The Morgan fingerprint density at radius 1 is 1.05 bits per heavy atom. The van der Waals surface area contributed by atoms with Crippen LogP contribution in [0.1, 0.15) is 10.7 Å². The maximum atomic E-state index is 5.56. The predicted molar refractivity (Wildman–Crippen MR) is 81.2 cm³/mol. The Balaban J connectivity index is 1.98. The third kappa shape index (κ3) is 2.59. The summed E-state index contributed by atoms with van der Waals surface area (Å²) in [6, 6.07) is 12.2. The summed E-state index contributed by atoms with van der Waals surface area (Å²) in [5.74, 6) is 0. The molecule has 1 aromatic carbocycles. The van der Waals surface area contributed by atoms with Crippen molar-refractivity contribution in [2.24, 2.45) is 5.73 Å². The van der Waals surface area contributed by atoms with Crippen molar-refractivity contribution in [2.45, 2.75) is 13.5 Å². The van der Waals surface area contributed by atoms with Crippen LogP contribution in [0.3, 0.4) is 0 Å². The number of rotatable bonds is 3. The Morgan fingerprint density at radius 2 is 1.90 bits per heavy atom. The van der Waals surface area contributed by atoms with Gasteiger partial charge < -0.3 is 5.73 Å². The van der Waals surface area contributed by atoms with E-state index in [9.17, 15) is 0 Å². The largest absolute Gasteiger partial charge is 0.325 e. The van der Waals surface area contributed by atoms with Gasteiger partial charge in [-0.1, -0.05) is 35.6 Å². The first-order chi connectivity index (χ1) is 9.76. The van der Waals surface area contributed by atoms with Gasteiger partial charge in [0.1, 0.15) is 10.0 Å². The minimum atomic E-state index is 0.463. The molecule has 0 bridgehead atoms. The highest BCUT2D eigenvalue weighted by molar-refractivity contribution is 7.14. The van der Waals surface area contributed by atoms with E-state index in [1.54, 1.807) is 11.3 Å². The number of nitrogens with two attached hydrogens (primary N) is 1. The van der Waals surface area contributed by atoms with Crippen molar-refractivity contribution >= 4 is 11.3 Å². The molecule has 0 aliphatic heterocycles. The summed E-state index contributed by atoms with van der Waals surface area (Å²) in [5.41, 5.74) is 9.73. The van der Waals surface area contributed by atoms with Gasteiger partial charge in [0.2, 0.25) is 0 Å². The molecule has 0 saturated heterocycles. The number of aryl methyl sites for hydroxylation is 1. The molecule has 20 heavy (non-hydrogen) atoms. The van der Waals surface area contributed by atoms with Gasteiger partial charge in [0.15, 0.2) is 0 Å². The predicted octanol–water partition coefficient (Wildman–Crippen LogP) is 3.03. The zero-order valence-corrected chi connectivity index (χ0v) is 11.9. The molecule has 2 N–H and O–H groups in total. The van der Waals surface area contributed by atoms with Gasteiger partial charge in [-0.2, -0.15) is 0 Å². The molecule has 0 fully saturated rings. The van der Waals surface area contributed by atoms with Gasteiger partial charge in [-0.25, -0.2) is 0 Å². The summed E-state index contributed by atoms with van der Waals surface area (Å²) < 4.78 is 0. The Bertz CT molecular complexity index is 719. The second-order valence-corrected chi connectivity index (χ2v) is 5.63. The molecule has 0 saturated carbocycles. The first kappa shape index (κ1) is 12.9. The minimum Gasteiger partial charge on any atom is -0.325 e. The van der Waals surface area contributed by atoms with Crippen molar-refractivity contribution in [3.05, 3.63) is 53.3 Å².